The lowest BCUT2D eigenvalue weighted by molar-refractivity contribution is -0.143. The van der Waals surface area contributed by atoms with Gasteiger partial charge in [-0.25, -0.2) is 9.97 Å². The van der Waals surface area contributed by atoms with Crippen LogP contribution < -0.4 is 4.90 Å². The summed E-state index contributed by atoms with van der Waals surface area (Å²) in [4.78, 5) is 24.0. The van der Waals surface area contributed by atoms with Crippen LogP contribution in [0.25, 0.3) is 11.0 Å². The maximum atomic E-state index is 12.5. The Morgan fingerprint density at radius 1 is 1.21 bits per heavy atom. The van der Waals surface area contributed by atoms with Crippen LogP contribution in [-0.4, -0.2) is 28.6 Å². The van der Waals surface area contributed by atoms with Crippen LogP contribution in [-0.2, 0) is 16.0 Å². The summed E-state index contributed by atoms with van der Waals surface area (Å²) in [5.74, 6) is -1.20. The monoisotopic (exact) mass is 372 g/mol. The average Bonchev–Trinajstić information content (AvgIpc) is 3.04. The third-order valence-corrected chi connectivity index (χ3v) is 4.94. The molecule has 1 aliphatic heterocycles. The van der Waals surface area contributed by atoms with E-state index >= 15 is 0 Å². The molecule has 0 N–H and O–H groups in total. The number of para-hydroxylation sites is 3. The van der Waals surface area contributed by atoms with Crippen molar-refractivity contribution in [3.63, 3.8) is 0 Å². The molecule has 6 heteroatoms. The van der Waals surface area contributed by atoms with Gasteiger partial charge in [-0.05, 0) is 44.0 Å². The van der Waals surface area contributed by atoms with Gasteiger partial charge in [-0.2, -0.15) is 5.26 Å². The standard InChI is InChI=1S/C22H20N4O2/c1-3-28-22(27)16(13-23)20-21(25-18-10-6-5-9-17(18)24-20)26-14(2)12-15-8-4-7-11-19(15)26/h4-11,14,16H,3,12H2,1-2H3. The molecule has 0 spiro atoms. The second-order valence-corrected chi connectivity index (χ2v) is 6.79. The Balaban J connectivity index is 1.94. The summed E-state index contributed by atoms with van der Waals surface area (Å²) >= 11 is 0. The van der Waals surface area contributed by atoms with E-state index in [-0.39, 0.29) is 12.6 Å². The number of hydrogen-bond donors (Lipinski definition) is 0. The lowest BCUT2D eigenvalue weighted by Gasteiger charge is -2.26. The van der Waals surface area contributed by atoms with Gasteiger partial charge in [0.15, 0.2) is 11.7 Å². The van der Waals surface area contributed by atoms with Gasteiger partial charge in [0.1, 0.15) is 5.69 Å². The lowest BCUT2D eigenvalue weighted by Crippen LogP contribution is -2.28. The van der Waals surface area contributed by atoms with Crippen LogP contribution in [0.5, 0.6) is 0 Å². The highest BCUT2D eigenvalue weighted by atomic mass is 16.5. The van der Waals surface area contributed by atoms with E-state index in [1.807, 2.05) is 42.5 Å². The normalized spacial score (nSPS) is 16.5. The summed E-state index contributed by atoms with van der Waals surface area (Å²) in [6.45, 7) is 4.03. The minimum Gasteiger partial charge on any atom is -0.465 e. The quantitative estimate of drug-likeness (QED) is 0.647. The van der Waals surface area contributed by atoms with Crippen LogP contribution in [0.2, 0.25) is 0 Å². The van der Waals surface area contributed by atoms with Crippen molar-refractivity contribution in [1.82, 2.24) is 9.97 Å². The van der Waals surface area contributed by atoms with E-state index in [9.17, 15) is 10.1 Å². The first-order valence-corrected chi connectivity index (χ1v) is 9.34. The largest absolute Gasteiger partial charge is 0.465 e. The second-order valence-electron chi connectivity index (χ2n) is 6.79. The molecule has 0 fully saturated rings. The lowest BCUT2D eigenvalue weighted by atomic mass is 10.1. The zero-order chi connectivity index (χ0) is 19.7. The maximum absolute atomic E-state index is 12.5. The third-order valence-electron chi connectivity index (χ3n) is 4.94. The Kier molecular flexibility index (Phi) is 4.66. The highest BCUT2D eigenvalue weighted by Crippen LogP contribution is 2.40. The first-order chi connectivity index (χ1) is 13.6. The van der Waals surface area contributed by atoms with Crippen molar-refractivity contribution in [2.45, 2.75) is 32.2 Å². The number of ether oxygens (including phenoxy) is 1. The molecular weight excluding hydrogens is 352 g/mol. The zero-order valence-corrected chi connectivity index (χ0v) is 15.8. The number of aromatic nitrogens is 2. The van der Waals surface area contributed by atoms with E-state index in [1.165, 1.54) is 5.56 Å². The number of esters is 1. The molecule has 3 aromatic rings. The molecule has 2 heterocycles. The van der Waals surface area contributed by atoms with Gasteiger partial charge in [-0.1, -0.05) is 30.3 Å². The molecule has 0 amide bonds. The number of carbonyl (C=O) groups is 1. The molecule has 0 saturated heterocycles. The van der Waals surface area contributed by atoms with Crippen LogP contribution in [0.3, 0.4) is 0 Å². The molecular formula is C22H20N4O2. The summed E-state index contributed by atoms with van der Waals surface area (Å²) in [7, 11) is 0. The molecule has 6 nitrogen and oxygen atoms in total. The molecule has 140 valence electrons. The summed E-state index contributed by atoms with van der Waals surface area (Å²) < 4.78 is 5.13. The van der Waals surface area contributed by atoms with E-state index in [4.69, 9.17) is 9.72 Å². The smallest absolute Gasteiger partial charge is 0.329 e. The van der Waals surface area contributed by atoms with E-state index in [0.717, 1.165) is 17.6 Å². The second kappa shape index (κ2) is 7.28. The summed E-state index contributed by atoms with van der Waals surface area (Å²) in [5.41, 5.74) is 3.94. The Bertz CT molecular complexity index is 1090. The fraction of sp³-hybridized carbons (Fsp3) is 0.273. The minimum atomic E-state index is -1.13. The van der Waals surface area contributed by atoms with Crippen LogP contribution in [0.15, 0.2) is 48.5 Å². The van der Waals surface area contributed by atoms with Crippen molar-refractivity contribution in [3.05, 3.63) is 59.8 Å². The highest BCUT2D eigenvalue weighted by Gasteiger charge is 2.35. The number of carbonyl (C=O) groups excluding carboxylic acids is 1. The Morgan fingerprint density at radius 2 is 1.89 bits per heavy atom. The molecule has 0 radical (unpaired) electrons. The number of benzene rings is 2. The van der Waals surface area contributed by atoms with E-state index < -0.39 is 11.9 Å². The minimum absolute atomic E-state index is 0.133. The van der Waals surface area contributed by atoms with Crippen molar-refractivity contribution in [2.75, 3.05) is 11.5 Å². The number of rotatable bonds is 4. The van der Waals surface area contributed by atoms with Gasteiger partial charge in [0.05, 0.1) is 23.7 Å². The Hall–Kier alpha value is -3.46. The molecule has 0 bridgehead atoms. The summed E-state index contributed by atoms with van der Waals surface area (Å²) in [5, 5.41) is 9.74. The molecule has 28 heavy (non-hydrogen) atoms. The van der Waals surface area contributed by atoms with Gasteiger partial charge in [0.25, 0.3) is 0 Å². The zero-order valence-electron chi connectivity index (χ0n) is 15.8. The molecule has 4 rings (SSSR count). The average molecular weight is 372 g/mol. The number of nitriles is 1. The van der Waals surface area contributed by atoms with E-state index in [0.29, 0.717) is 17.0 Å². The fourth-order valence-corrected chi connectivity index (χ4v) is 3.71. The molecule has 1 aliphatic rings. The molecule has 0 saturated carbocycles. The van der Waals surface area contributed by atoms with Crippen molar-refractivity contribution < 1.29 is 9.53 Å². The SMILES string of the molecule is CCOC(=O)C(C#N)c1nc2ccccc2nc1N1c2ccccc2CC1C. The summed E-state index contributed by atoms with van der Waals surface area (Å²) in [6.07, 6.45) is 0.862. The van der Waals surface area contributed by atoms with Crippen LogP contribution in [0.1, 0.15) is 31.0 Å². The van der Waals surface area contributed by atoms with Crippen LogP contribution in [0.4, 0.5) is 11.5 Å². The van der Waals surface area contributed by atoms with Crippen LogP contribution in [0, 0.1) is 11.3 Å². The topological polar surface area (TPSA) is 79.1 Å². The number of anilines is 2. The van der Waals surface area contributed by atoms with E-state index in [2.05, 4.69) is 28.9 Å². The predicted molar refractivity (Wildman–Crippen MR) is 106 cm³/mol. The van der Waals surface area contributed by atoms with Gasteiger partial charge in [0.2, 0.25) is 0 Å². The van der Waals surface area contributed by atoms with Gasteiger partial charge in [0, 0.05) is 11.7 Å². The van der Waals surface area contributed by atoms with Crippen LogP contribution >= 0.6 is 0 Å². The molecule has 2 aromatic carbocycles. The Labute approximate surface area is 163 Å². The number of fused-ring (bicyclic) bond motifs is 2. The molecule has 2 atom stereocenters. The van der Waals surface area contributed by atoms with Gasteiger partial charge >= 0.3 is 5.97 Å². The Morgan fingerprint density at radius 3 is 2.61 bits per heavy atom. The highest BCUT2D eigenvalue weighted by molar-refractivity contribution is 5.86. The van der Waals surface area contributed by atoms with Crippen molar-refractivity contribution in [3.8, 4) is 6.07 Å². The maximum Gasteiger partial charge on any atom is 0.329 e. The predicted octanol–water partition coefficient (Wildman–Crippen LogP) is 3.88. The molecule has 0 aliphatic carbocycles. The number of hydrogen-bond acceptors (Lipinski definition) is 6. The summed E-state index contributed by atoms with van der Waals surface area (Å²) in [6, 6.07) is 17.8. The first-order valence-electron chi connectivity index (χ1n) is 9.34. The molecule has 1 aromatic heterocycles. The van der Waals surface area contributed by atoms with Crippen molar-refractivity contribution in [2.24, 2.45) is 0 Å². The van der Waals surface area contributed by atoms with Crippen molar-refractivity contribution in [1.29, 1.82) is 5.26 Å². The van der Waals surface area contributed by atoms with E-state index in [1.54, 1.807) is 6.92 Å². The van der Waals surface area contributed by atoms with Gasteiger partial charge in [-0.15, -0.1) is 0 Å². The first kappa shape index (κ1) is 17.9. The van der Waals surface area contributed by atoms with Crippen molar-refractivity contribution >= 4 is 28.5 Å². The molecule has 2 unspecified atom stereocenters. The number of nitrogens with zero attached hydrogens (tertiary/aromatic N) is 4. The van der Waals surface area contributed by atoms with Gasteiger partial charge in [-0.3, -0.25) is 4.79 Å². The van der Waals surface area contributed by atoms with Gasteiger partial charge < -0.3 is 9.64 Å². The fourth-order valence-electron chi connectivity index (χ4n) is 3.71. The third kappa shape index (κ3) is 2.95.